The minimum atomic E-state index is -4.73. The molecule has 2 N–H and O–H groups in total. The Labute approximate surface area is 125 Å². The number of rotatable bonds is 3. The first-order valence-electron chi connectivity index (χ1n) is 5.55. The topological polar surface area (TPSA) is 65.1 Å². The summed E-state index contributed by atoms with van der Waals surface area (Å²) in [6.07, 6.45) is -4.73. The standard InChI is InChI=1S/C12H8ClF3N2O2S/c13-9-4-1-6(21-9)5-18-8(12(14,15)16)3-2-7(10(17)19)11(18)20/h1-4H,5H2,(H2,17,19). The highest BCUT2D eigenvalue weighted by Gasteiger charge is 2.35. The third kappa shape index (κ3) is 3.27. The number of halogens is 4. The number of nitrogens with two attached hydrogens (primary N) is 1. The van der Waals surface area contributed by atoms with Gasteiger partial charge in [-0.15, -0.1) is 11.3 Å². The van der Waals surface area contributed by atoms with Crippen LogP contribution in [0.4, 0.5) is 13.2 Å². The summed E-state index contributed by atoms with van der Waals surface area (Å²) < 4.78 is 39.8. The van der Waals surface area contributed by atoms with E-state index in [2.05, 4.69) is 0 Å². The summed E-state index contributed by atoms with van der Waals surface area (Å²) in [5.41, 5.74) is 2.26. The van der Waals surface area contributed by atoms with Gasteiger partial charge in [-0.3, -0.25) is 14.2 Å². The summed E-state index contributed by atoms with van der Waals surface area (Å²) in [6, 6.07) is 4.47. The molecule has 2 aromatic heterocycles. The van der Waals surface area contributed by atoms with Gasteiger partial charge in [0.15, 0.2) is 0 Å². The quantitative estimate of drug-likeness (QED) is 0.936. The van der Waals surface area contributed by atoms with E-state index in [0.29, 0.717) is 19.8 Å². The van der Waals surface area contributed by atoms with Crippen molar-refractivity contribution in [2.75, 3.05) is 0 Å². The largest absolute Gasteiger partial charge is 0.431 e. The van der Waals surface area contributed by atoms with Crippen molar-refractivity contribution >= 4 is 28.8 Å². The molecule has 0 bridgehead atoms. The van der Waals surface area contributed by atoms with Crippen LogP contribution in [0.5, 0.6) is 0 Å². The second-order valence-corrected chi connectivity index (χ2v) is 5.89. The van der Waals surface area contributed by atoms with Gasteiger partial charge in [-0.05, 0) is 24.3 Å². The summed E-state index contributed by atoms with van der Waals surface area (Å²) in [5, 5.41) is 0. The van der Waals surface area contributed by atoms with E-state index in [4.69, 9.17) is 17.3 Å². The Kier molecular flexibility index (Phi) is 4.11. The van der Waals surface area contributed by atoms with Gasteiger partial charge in [0.05, 0.1) is 10.9 Å². The number of nitrogens with zero attached hydrogens (tertiary/aromatic N) is 1. The lowest BCUT2D eigenvalue weighted by Crippen LogP contribution is -2.33. The second kappa shape index (κ2) is 5.53. The monoisotopic (exact) mass is 336 g/mol. The maximum absolute atomic E-state index is 13.0. The lowest BCUT2D eigenvalue weighted by Gasteiger charge is -2.15. The molecule has 21 heavy (non-hydrogen) atoms. The van der Waals surface area contributed by atoms with Crippen LogP contribution < -0.4 is 11.3 Å². The lowest BCUT2D eigenvalue weighted by molar-refractivity contribution is -0.144. The van der Waals surface area contributed by atoms with Crippen molar-refractivity contribution in [3.05, 3.63) is 55.1 Å². The van der Waals surface area contributed by atoms with E-state index in [1.54, 1.807) is 0 Å². The molecule has 0 unspecified atom stereocenters. The van der Waals surface area contributed by atoms with Crippen molar-refractivity contribution in [3.8, 4) is 0 Å². The molecule has 112 valence electrons. The third-order valence-corrected chi connectivity index (χ3v) is 3.89. The van der Waals surface area contributed by atoms with Crippen molar-refractivity contribution < 1.29 is 18.0 Å². The Morgan fingerprint density at radius 3 is 2.43 bits per heavy atom. The molecule has 4 nitrogen and oxygen atoms in total. The summed E-state index contributed by atoms with van der Waals surface area (Å²) in [7, 11) is 0. The van der Waals surface area contributed by atoms with Gasteiger partial charge >= 0.3 is 6.18 Å². The van der Waals surface area contributed by atoms with Crippen LogP contribution in [0.2, 0.25) is 4.34 Å². The molecule has 1 amide bonds. The number of hydrogen-bond acceptors (Lipinski definition) is 3. The van der Waals surface area contributed by atoms with Gasteiger partial charge < -0.3 is 5.73 Å². The van der Waals surface area contributed by atoms with E-state index in [-0.39, 0.29) is 6.54 Å². The normalized spacial score (nSPS) is 11.6. The zero-order valence-electron chi connectivity index (χ0n) is 10.3. The zero-order chi connectivity index (χ0) is 15.8. The average Bonchev–Trinajstić information content (AvgIpc) is 2.75. The molecule has 2 rings (SSSR count). The molecule has 0 aliphatic carbocycles. The van der Waals surface area contributed by atoms with Gasteiger partial charge in [-0.2, -0.15) is 13.2 Å². The molecular weight excluding hydrogens is 329 g/mol. The number of alkyl halides is 3. The van der Waals surface area contributed by atoms with Crippen LogP contribution in [0.15, 0.2) is 29.1 Å². The van der Waals surface area contributed by atoms with Crippen LogP contribution in [0.3, 0.4) is 0 Å². The molecule has 2 heterocycles. The van der Waals surface area contributed by atoms with Crippen LogP contribution >= 0.6 is 22.9 Å². The predicted molar refractivity (Wildman–Crippen MR) is 72.7 cm³/mol. The molecular formula is C12H8ClF3N2O2S. The Hall–Kier alpha value is -1.80. The van der Waals surface area contributed by atoms with Gasteiger partial charge in [-0.1, -0.05) is 11.6 Å². The molecule has 0 spiro atoms. The molecule has 0 aromatic carbocycles. The summed E-state index contributed by atoms with van der Waals surface area (Å²) in [4.78, 5) is 23.6. The molecule has 2 aromatic rings. The fourth-order valence-corrected chi connectivity index (χ4v) is 2.84. The summed E-state index contributed by atoms with van der Waals surface area (Å²) in [5.74, 6) is -1.08. The van der Waals surface area contributed by atoms with Crippen molar-refractivity contribution in [3.63, 3.8) is 0 Å². The van der Waals surface area contributed by atoms with Crippen molar-refractivity contribution in [1.29, 1.82) is 0 Å². The van der Waals surface area contributed by atoms with Crippen LogP contribution in [0, 0.1) is 0 Å². The predicted octanol–water partition coefficient (Wildman–Crippen LogP) is 2.73. The highest BCUT2D eigenvalue weighted by molar-refractivity contribution is 7.16. The highest BCUT2D eigenvalue weighted by Crippen LogP contribution is 2.30. The van der Waals surface area contributed by atoms with Gasteiger partial charge in [0, 0.05) is 4.88 Å². The SMILES string of the molecule is NC(=O)c1ccc(C(F)(F)F)n(Cc2ccc(Cl)s2)c1=O. The Balaban J connectivity index is 2.61. The molecule has 0 fully saturated rings. The fraction of sp³-hybridized carbons (Fsp3) is 0.167. The molecule has 0 saturated carbocycles. The van der Waals surface area contributed by atoms with Gasteiger partial charge in [0.1, 0.15) is 11.3 Å². The van der Waals surface area contributed by atoms with E-state index in [9.17, 15) is 22.8 Å². The number of carbonyl (C=O) groups excluding carboxylic acids is 1. The number of aromatic nitrogens is 1. The van der Waals surface area contributed by atoms with E-state index >= 15 is 0 Å². The van der Waals surface area contributed by atoms with Gasteiger partial charge in [0.25, 0.3) is 11.5 Å². The Morgan fingerprint density at radius 2 is 1.95 bits per heavy atom. The smallest absolute Gasteiger partial charge is 0.365 e. The average molecular weight is 337 g/mol. The van der Waals surface area contributed by atoms with E-state index in [1.807, 2.05) is 0 Å². The van der Waals surface area contributed by atoms with Crippen LogP contribution in [-0.2, 0) is 12.7 Å². The number of thiophene rings is 1. The van der Waals surface area contributed by atoms with Crippen LogP contribution in [-0.4, -0.2) is 10.5 Å². The maximum Gasteiger partial charge on any atom is 0.431 e. The molecule has 9 heteroatoms. The molecule has 0 radical (unpaired) electrons. The van der Waals surface area contributed by atoms with Crippen LogP contribution in [0.25, 0.3) is 0 Å². The van der Waals surface area contributed by atoms with Crippen LogP contribution in [0.1, 0.15) is 20.9 Å². The van der Waals surface area contributed by atoms with Crippen molar-refractivity contribution in [2.24, 2.45) is 5.73 Å². The number of primary amides is 1. The van der Waals surface area contributed by atoms with E-state index < -0.39 is 28.9 Å². The van der Waals surface area contributed by atoms with Crippen molar-refractivity contribution in [1.82, 2.24) is 4.57 Å². The third-order valence-electron chi connectivity index (χ3n) is 2.67. The molecule has 0 aliphatic heterocycles. The van der Waals surface area contributed by atoms with Crippen molar-refractivity contribution in [2.45, 2.75) is 12.7 Å². The summed E-state index contributed by atoms with van der Waals surface area (Å²) >= 11 is 6.76. The first-order valence-corrected chi connectivity index (χ1v) is 6.74. The second-order valence-electron chi connectivity index (χ2n) is 4.09. The molecule has 0 saturated heterocycles. The van der Waals surface area contributed by atoms with E-state index in [1.165, 1.54) is 12.1 Å². The highest BCUT2D eigenvalue weighted by atomic mass is 35.5. The molecule has 0 atom stereocenters. The van der Waals surface area contributed by atoms with E-state index in [0.717, 1.165) is 17.4 Å². The lowest BCUT2D eigenvalue weighted by atomic mass is 10.2. The first-order chi connectivity index (χ1) is 9.70. The fourth-order valence-electron chi connectivity index (χ4n) is 1.76. The first kappa shape index (κ1) is 15.6. The number of hydrogen-bond donors (Lipinski definition) is 1. The number of carbonyl (C=O) groups is 1. The minimum absolute atomic E-state index is 0.341. The number of amides is 1. The van der Waals surface area contributed by atoms with Gasteiger partial charge in [-0.25, -0.2) is 0 Å². The maximum atomic E-state index is 13.0. The Bertz CT molecular complexity index is 752. The number of pyridine rings is 1. The minimum Gasteiger partial charge on any atom is -0.365 e. The zero-order valence-corrected chi connectivity index (χ0v) is 11.9. The van der Waals surface area contributed by atoms with Gasteiger partial charge in [0.2, 0.25) is 0 Å². The summed E-state index contributed by atoms with van der Waals surface area (Å²) in [6.45, 7) is -0.341. The Morgan fingerprint density at radius 1 is 1.29 bits per heavy atom. The molecule has 0 aliphatic rings.